The molecule has 0 radical (unpaired) electrons. The van der Waals surface area contributed by atoms with Crippen molar-refractivity contribution in [1.29, 1.82) is 0 Å². The molecule has 1 rings (SSSR count). The van der Waals surface area contributed by atoms with E-state index in [1.807, 2.05) is 13.8 Å². The molecule has 15 heavy (non-hydrogen) atoms. The van der Waals surface area contributed by atoms with E-state index in [1.165, 1.54) is 0 Å². The Morgan fingerprint density at radius 2 is 2.07 bits per heavy atom. The van der Waals surface area contributed by atoms with Gasteiger partial charge in [-0.2, -0.15) is 0 Å². The molecule has 0 aliphatic rings. The SMILES string of the molecule is CC(C)NC(=O)C(C)Nc1nnc(N)o1. The van der Waals surface area contributed by atoms with Crippen LogP contribution in [-0.2, 0) is 4.79 Å². The van der Waals surface area contributed by atoms with Crippen LogP contribution >= 0.6 is 0 Å². The molecular weight excluding hydrogens is 198 g/mol. The fourth-order valence-corrected chi connectivity index (χ4v) is 0.953. The Hall–Kier alpha value is -1.79. The maximum atomic E-state index is 11.5. The second kappa shape index (κ2) is 4.63. The van der Waals surface area contributed by atoms with Crippen LogP contribution in [0, 0.1) is 0 Å². The lowest BCUT2D eigenvalue weighted by atomic mass is 10.3. The predicted octanol–water partition coefficient (Wildman–Crippen LogP) is -0.0232. The van der Waals surface area contributed by atoms with Crippen molar-refractivity contribution >= 4 is 17.9 Å². The molecule has 0 aliphatic carbocycles. The minimum atomic E-state index is -0.452. The first-order valence-electron chi connectivity index (χ1n) is 4.65. The standard InChI is InChI=1S/C8H15N5O2/c1-4(2)10-6(14)5(3)11-8-13-12-7(9)15-8/h4-5H,1-3H3,(H2,9,12)(H,10,14)(H,11,13). The second-order valence-electron chi connectivity index (χ2n) is 3.47. The first-order valence-corrected chi connectivity index (χ1v) is 4.65. The van der Waals surface area contributed by atoms with Gasteiger partial charge in [-0.15, -0.1) is 0 Å². The summed E-state index contributed by atoms with van der Waals surface area (Å²) in [6.07, 6.45) is 0. The summed E-state index contributed by atoms with van der Waals surface area (Å²) >= 11 is 0. The average Bonchev–Trinajstić information content (AvgIpc) is 2.50. The van der Waals surface area contributed by atoms with Crippen LogP contribution in [0.3, 0.4) is 0 Å². The molecule has 84 valence electrons. The summed E-state index contributed by atoms with van der Waals surface area (Å²) in [5.41, 5.74) is 5.23. The highest BCUT2D eigenvalue weighted by molar-refractivity contribution is 5.83. The van der Waals surface area contributed by atoms with Crippen molar-refractivity contribution in [2.24, 2.45) is 0 Å². The highest BCUT2D eigenvalue weighted by atomic mass is 16.4. The Labute approximate surface area is 87.4 Å². The van der Waals surface area contributed by atoms with Gasteiger partial charge in [0.2, 0.25) is 5.91 Å². The third-order valence-corrected chi connectivity index (χ3v) is 1.60. The molecule has 0 saturated carbocycles. The third kappa shape index (κ3) is 3.45. The van der Waals surface area contributed by atoms with Gasteiger partial charge in [-0.05, 0) is 20.8 Å². The summed E-state index contributed by atoms with van der Waals surface area (Å²) in [6, 6.07) is -0.255. The Morgan fingerprint density at radius 3 is 2.53 bits per heavy atom. The lowest BCUT2D eigenvalue weighted by Crippen LogP contribution is -2.41. The van der Waals surface area contributed by atoms with Gasteiger partial charge in [0.15, 0.2) is 0 Å². The minimum Gasteiger partial charge on any atom is -0.390 e. The fraction of sp³-hybridized carbons (Fsp3) is 0.625. The molecule has 0 fully saturated rings. The van der Waals surface area contributed by atoms with E-state index >= 15 is 0 Å². The molecule has 1 heterocycles. The number of rotatable bonds is 4. The fourth-order valence-electron chi connectivity index (χ4n) is 0.953. The molecule has 0 aromatic carbocycles. The summed E-state index contributed by atoms with van der Waals surface area (Å²) in [5.74, 6) is -0.137. The van der Waals surface area contributed by atoms with Crippen LogP contribution in [-0.4, -0.2) is 28.2 Å². The van der Waals surface area contributed by atoms with Crippen LogP contribution in [0.15, 0.2) is 4.42 Å². The monoisotopic (exact) mass is 213 g/mol. The average molecular weight is 213 g/mol. The largest absolute Gasteiger partial charge is 0.390 e. The summed E-state index contributed by atoms with van der Waals surface area (Å²) in [7, 11) is 0. The van der Waals surface area contributed by atoms with Crippen molar-refractivity contribution < 1.29 is 9.21 Å². The molecule has 1 amide bonds. The Morgan fingerprint density at radius 1 is 1.40 bits per heavy atom. The molecular formula is C8H15N5O2. The van der Waals surface area contributed by atoms with Gasteiger partial charge in [0, 0.05) is 6.04 Å². The number of carbonyl (C=O) groups is 1. The van der Waals surface area contributed by atoms with E-state index in [2.05, 4.69) is 20.8 Å². The molecule has 4 N–H and O–H groups in total. The van der Waals surface area contributed by atoms with Crippen LogP contribution in [0.5, 0.6) is 0 Å². The highest BCUT2D eigenvalue weighted by Crippen LogP contribution is 2.07. The molecule has 1 aromatic rings. The number of nitrogens with two attached hydrogens (primary N) is 1. The van der Waals surface area contributed by atoms with Crippen molar-refractivity contribution in [1.82, 2.24) is 15.5 Å². The minimum absolute atomic E-state index is 0.0334. The maximum absolute atomic E-state index is 11.5. The predicted molar refractivity (Wildman–Crippen MR) is 55.1 cm³/mol. The number of carbonyl (C=O) groups excluding carboxylic acids is 1. The van der Waals surface area contributed by atoms with E-state index in [1.54, 1.807) is 6.92 Å². The van der Waals surface area contributed by atoms with Crippen molar-refractivity contribution in [3.8, 4) is 0 Å². The lowest BCUT2D eigenvalue weighted by molar-refractivity contribution is -0.122. The Balaban J connectivity index is 2.48. The van der Waals surface area contributed by atoms with Gasteiger partial charge in [0.1, 0.15) is 6.04 Å². The number of amides is 1. The number of hydrogen-bond acceptors (Lipinski definition) is 6. The van der Waals surface area contributed by atoms with Gasteiger partial charge in [-0.3, -0.25) is 4.79 Å². The molecule has 1 unspecified atom stereocenters. The number of nitrogens with one attached hydrogen (secondary N) is 2. The van der Waals surface area contributed by atoms with E-state index in [4.69, 9.17) is 10.2 Å². The number of nitrogen functional groups attached to an aromatic ring is 1. The zero-order valence-electron chi connectivity index (χ0n) is 8.94. The van der Waals surface area contributed by atoms with E-state index < -0.39 is 6.04 Å². The maximum Gasteiger partial charge on any atom is 0.317 e. The quantitative estimate of drug-likeness (QED) is 0.648. The van der Waals surface area contributed by atoms with Crippen LogP contribution in [0.2, 0.25) is 0 Å². The third-order valence-electron chi connectivity index (χ3n) is 1.60. The van der Waals surface area contributed by atoms with Gasteiger partial charge in [0.25, 0.3) is 0 Å². The van der Waals surface area contributed by atoms with Crippen LogP contribution in [0.1, 0.15) is 20.8 Å². The molecule has 0 saturated heterocycles. The molecule has 0 spiro atoms. The first-order chi connectivity index (χ1) is 6.99. The summed E-state index contributed by atoms with van der Waals surface area (Å²) in [4.78, 5) is 11.5. The Kier molecular flexibility index (Phi) is 3.48. The molecule has 7 heteroatoms. The number of nitrogens with zero attached hydrogens (tertiary/aromatic N) is 2. The number of anilines is 2. The summed E-state index contributed by atoms with van der Waals surface area (Å²) in [6.45, 7) is 5.46. The van der Waals surface area contributed by atoms with E-state index in [0.29, 0.717) is 0 Å². The molecule has 0 bridgehead atoms. The molecule has 0 aliphatic heterocycles. The molecule has 1 atom stereocenters. The smallest absolute Gasteiger partial charge is 0.317 e. The van der Waals surface area contributed by atoms with Gasteiger partial charge in [0.05, 0.1) is 0 Å². The Bertz CT molecular complexity index is 336. The van der Waals surface area contributed by atoms with Crippen molar-refractivity contribution in [3.63, 3.8) is 0 Å². The van der Waals surface area contributed by atoms with Gasteiger partial charge in [-0.1, -0.05) is 10.2 Å². The highest BCUT2D eigenvalue weighted by Gasteiger charge is 2.15. The number of aromatic nitrogens is 2. The van der Waals surface area contributed by atoms with Crippen molar-refractivity contribution in [3.05, 3.63) is 0 Å². The zero-order chi connectivity index (χ0) is 11.4. The second-order valence-corrected chi connectivity index (χ2v) is 3.47. The van der Waals surface area contributed by atoms with Crippen LogP contribution < -0.4 is 16.4 Å². The van der Waals surface area contributed by atoms with Gasteiger partial charge < -0.3 is 20.8 Å². The first kappa shape index (κ1) is 11.3. The summed E-state index contributed by atoms with van der Waals surface area (Å²) < 4.78 is 4.87. The van der Waals surface area contributed by atoms with Gasteiger partial charge in [-0.25, -0.2) is 0 Å². The van der Waals surface area contributed by atoms with E-state index in [-0.39, 0.29) is 24.0 Å². The summed E-state index contributed by atoms with van der Waals surface area (Å²) in [5, 5.41) is 12.5. The lowest BCUT2D eigenvalue weighted by Gasteiger charge is -2.14. The van der Waals surface area contributed by atoms with E-state index in [9.17, 15) is 4.79 Å². The zero-order valence-corrected chi connectivity index (χ0v) is 8.94. The number of hydrogen-bond donors (Lipinski definition) is 3. The van der Waals surface area contributed by atoms with Gasteiger partial charge >= 0.3 is 12.0 Å². The normalized spacial score (nSPS) is 12.5. The molecule has 7 nitrogen and oxygen atoms in total. The topological polar surface area (TPSA) is 106 Å². The molecule has 1 aromatic heterocycles. The van der Waals surface area contributed by atoms with E-state index in [0.717, 1.165) is 0 Å². The van der Waals surface area contributed by atoms with Crippen molar-refractivity contribution in [2.45, 2.75) is 32.9 Å². The van der Waals surface area contributed by atoms with Crippen LogP contribution in [0.25, 0.3) is 0 Å². The van der Waals surface area contributed by atoms with Crippen molar-refractivity contribution in [2.75, 3.05) is 11.1 Å². The van der Waals surface area contributed by atoms with Crippen LogP contribution in [0.4, 0.5) is 12.0 Å².